The molecule has 0 saturated carbocycles. The van der Waals surface area contributed by atoms with Crippen LogP contribution in [0.5, 0.6) is 0 Å². The van der Waals surface area contributed by atoms with Crippen molar-refractivity contribution in [2.45, 2.75) is 54.9 Å². The molecule has 58 heavy (non-hydrogen) atoms. The van der Waals surface area contributed by atoms with E-state index in [2.05, 4.69) is 131 Å². The SMILES string of the molecule is O=S(=O)([O-])c1ccccc1C[n+]1c(/C=C2/C=C3C=C(/C=C4\Sc5cc6ccccc6cc5N4CCCc4ccccc4)CCC3CC2)sc2cc3ccccc3cc21. The molecule has 0 saturated heterocycles. The zero-order valence-corrected chi connectivity index (χ0v) is 34.5. The fourth-order valence-electron chi connectivity index (χ4n) is 8.87. The Balaban J connectivity index is 0.997. The second-order valence-corrected chi connectivity index (χ2v) is 19.1. The van der Waals surface area contributed by atoms with Gasteiger partial charge < -0.3 is 9.45 Å². The van der Waals surface area contributed by atoms with Gasteiger partial charge in [-0.15, -0.1) is 0 Å². The van der Waals surface area contributed by atoms with Crippen molar-refractivity contribution in [3.05, 3.63) is 184 Å². The van der Waals surface area contributed by atoms with Gasteiger partial charge in [-0.2, -0.15) is 4.57 Å². The first-order valence-electron chi connectivity index (χ1n) is 20.1. The van der Waals surface area contributed by atoms with Gasteiger partial charge in [-0.25, -0.2) is 8.42 Å². The van der Waals surface area contributed by atoms with Crippen molar-refractivity contribution in [3.8, 4) is 0 Å². The predicted molar refractivity (Wildman–Crippen MR) is 239 cm³/mol. The van der Waals surface area contributed by atoms with Gasteiger partial charge in [0.25, 0.3) is 5.01 Å². The lowest BCUT2D eigenvalue weighted by Gasteiger charge is -2.29. The summed E-state index contributed by atoms with van der Waals surface area (Å²) in [4.78, 5) is 3.70. The number of thioether (sulfide) groups is 1. The molecular weight excluding hydrogens is 773 g/mol. The lowest BCUT2D eigenvalue weighted by Crippen LogP contribution is -2.36. The number of fused-ring (bicyclic) bond motifs is 5. The lowest BCUT2D eigenvalue weighted by molar-refractivity contribution is -0.660. The van der Waals surface area contributed by atoms with E-state index >= 15 is 0 Å². The maximum atomic E-state index is 12.3. The van der Waals surface area contributed by atoms with E-state index in [1.54, 1.807) is 29.5 Å². The topological polar surface area (TPSA) is 64.3 Å². The Morgan fingerprint density at radius 1 is 0.759 bits per heavy atom. The van der Waals surface area contributed by atoms with E-state index in [-0.39, 0.29) is 11.4 Å². The van der Waals surface area contributed by atoms with Crippen molar-refractivity contribution in [2.75, 3.05) is 11.4 Å². The van der Waals surface area contributed by atoms with Gasteiger partial charge in [0.05, 0.1) is 15.6 Å². The first-order valence-corrected chi connectivity index (χ1v) is 23.1. The molecule has 1 aliphatic heterocycles. The molecule has 1 aromatic heterocycles. The Morgan fingerprint density at radius 2 is 1.45 bits per heavy atom. The molecule has 288 valence electrons. The van der Waals surface area contributed by atoms with E-state index in [0.29, 0.717) is 11.5 Å². The highest BCUT2D eigenvalue weighted by Crippen LogP contribution is 2.49. The average molecular weight is 815 g/mol. The molecule has 0 amide bonds. The predicted octanol–water partition coefficient (Wildman–Crippen LogP) is 12.0. The van der Waals surface area contributed by atoms with Crippen LogP contribution in [0.15, 0.2) is 177 Å². The summed E-state index contributed by atoms with van der Waals surface area (Å²) in [5.41, 5.74) is 8.23. The van der Waals surface area contributed by atoms with Gasteiger partial charge in [-0.05, 0) is 119 Å². The third-order valence-corrected chi connectivity index (χ3v) is 14.9. The van der Waals surface area contributed by atoms with Crippen molar-refractivity contribution in [2.24, 2.45) is 5.92 Å². The molecule has 2 aliphatic carbocycles. The Hall–Kier alpha value is -5.25. The van der Waals surface area contributed by atoms with Gasteiger partial charge in [-0.3, -0.25) is 0 Å². The van der Waals surface area contributed by atoms with E-state index in [9.17, 15) is 13.0 Å². The van der Waals surface area contributed by atoms with Crippen LogP contribution >= 0.6 is 23.1 Å². The summed E-state index contributed by atoms with van der Waals surface area (Å²) in [6, 6.07) is 43.5. The van der Waals surface area contributed by atoms with E-state index in [1.165, 1.54) is 54.7 Å². The zero-order valence-electron chi connectivity index (χ0n) is 32.0. The molecule has 0 fully saturated rings. The van der Waals surface area contributed by atoms with Crippen LogP contribution in [-0.4, -0.2) is 19.5 Å². The van der Waals surface area contributed by atoms with Crippen LogP contribution in [0.4, 0.5) is 5.69 Å². The number of hydrogen-bond acceptors (Lipinski definition) is 6. The molecule has 0 N–H and O–H groups in total. The molecule has 0 radical (unpaired) electrons. The average Bonchev–Trinajstić information content (AvgIpc) is 3.73. The molecule has 1 unspecified atom stereocenters. The summed E-state index contributed by atoms with van der Waals surface area (Å²) >= 11 is 3.61. The monoisotopic (exact) mass is 814 g/mol. The van der Waals surface area contributed by atoms with Gasteiger partial charge in [0, 0.05) is 29.1 Å². The third kappa shape index (κ3) is 7.46. The van der Waals surface area contributed by atoms with Crippen molar-refractivity contribution in [1.29, 1.82) is 0 Å². The summed E-state index contributed by atoms with van der Waals surface area (Å²) in [6.45, 7) is 1.24. The number of rotatable bonds is 9. The van der Waals surface area contributed by atoms with Crippen LogP contribution in [0.3, 0.4) is 0 Å². The summed E-state index contributed by atoms with van der Waals surface area (Å²) in [7, 11) is -4.64. The number of benzene rings is 6. The quantitative estimate of drug-likeness (QED) is 0.107. The number of anilines is 1. The molecular formula is C50H42N2O3S3. The van der Waals surface area contributed by atoms with Crippen LogP contribution < -0.4 is 9.47 Å². The van der Waals surface area contributed by atoms with Gasteiger partial charge in [0.1, 0.15) is 14.8 Å². The van der Waals surface area contributed by atoms with Gasteiger partial charge in [0.15, 0.2) is 6.54 Å². The molecule has 3 aliphatic rings. The number of thiazole rings is 1. The summed E-state index contributed by atoms with van der Waals surface area (Å²) in [5.74, 6) is 0.536. The van der Waals surface area contributed by atoms with Crippen LogP contribution in [0.1, 0.15) is 48.2 Å². The summed E-state index contributed by atoms with van der Waals surface area (Å²) < 4.78 is 40.3. The fourth-order valence-corrected chi connectivity index (χ4v) is 11.9. The van der Waals surface area contributed by atoms with Crippen molar-refractivity contribution in [3.63, 3.8) is 0 Å². The maximum absolute atomic E-state index is 12.3. The smallest absolute Gasteiger partial charge is 0.263 e. The first kappa shape index (κ1) is 37.0. The Morgan fingerprint density at radius 3 is 2.24 bits per heavy atom. The molecule has 7 aromatic rings. The molecule has 5 nitrogen and oxygen atoms in total. The zero-order chi connectivity index (χ0) is 39.2. The van der Waals surface area contributed by atoms with E-state index < -0.39 is 10.1 Å². The van der Waals surface area contributed by atoms with E-state index in [4.69, 9.17) is 0 Å². The molecule has 8 heteroatoms. The van der Waals surface area contributed by atoms with Gasteiger partial charge in [0.2, 0.25) is 5.52 Å². The van der Waals surface area contributed by atoms with Crippen molar-refractivity contribution >= 4 is 76.7 Å². The molecule has 1 atom stereocenters. The fraction of sp³-hybridized carbons (Fsp3) is 0.180. The Kier molecular flexibility index (Phi) is 9.90. The van der Waals surface area contributed by atoms with Crippen molar-refractivity contribution < 1.29 is 17.5 Å². The molecule has 6 aromatic carbocycles. The highest BCUT2D eigenvalue weighted by atomic mass is 32.2. The highest BCUT2D eigenvalue weighted by molar-refractivity contribution is 8.03. The van der Waals surface area contributed by atoms with Crippen LogP contribution in [0.25, 0.3) is 37.8 Å². The lowest BCUT2D eigenvalue weighted by atomic mass is 9.77. The summed E-state index contributed by atoms with van der Waals surface area (Å²) in [6.07, 6.45) is 16.0. The highest BCUT2D eigenvalue weighted by Gasteiger charge is 2.29. The number of aryl methyl sites for hydroxylation is 1. The minimum atomic E-state index is -4.64. The van der Waals surface area contributed by atoms with Crippen LogP contribution in [-0.2, 0) is 23.1 Å². The van der Waals surface area contributed by atoms with Crippen molar-refractivity contribution in [1.82, 2.24) is 0 Å². The first-order chi connectivity index (χ1) is 28.3. The molecule has 2 heterocycles. The molecule has 10 rings (SSSR count). The number of hydrogen-bond donors (Lipinski definition) is 0. The molecule has 0 spiro atoms. The Labute approximate surface area is 348 Å². The largest absolute Gasteiger partial charge is 0.744 e. The minimum absolute atomic E-state index is 0.163. The second kappa shape index (κ2) is 15.5. The number of allylic oxidation sites excluding steroid dienone is 6. The van der Waals surface area contributed by atoms with E-state index in [1.807, 2.05) is 17.8 Å². The van der Waals surface area contributed by atoms with Crippen LogP contribution in [0.2, 0.25) is 0 Å². The Bertz CT molecular complexity index is 2980. The molecule has 0 bridgehead atoms. The summed E-state index contributed by atoms with van der Waals surface area (Å²) in [5, 5.41) is 7.17. The normalized spacial score (nSPS) is 18.2. The van der Waals surface area contributed by atoms with Gasteiger partial charge in [-0.1, -0.05) is 132 Å². The van der Waals surface area contributed by atoms with Gasteiger partial charge >= 0.3 is 0 Å². The minimum Gasteiger partial charge on any atom is -0.744 e. The number of nitrogens with zero attached hydrogens (tertiary/aromatic N) is 2. The second-order valence-electron chi connectivity index (χ2n) is 15.6. The standard InChI is InChI=1S/C50H42N2O3S3/c53-58(54,55)48-19-9-8-18-42(48)33-52-45-30-39-15-5-7-17-41(39)32-47(45)57-50(52)28-36-21-23-37-22-20-35(25-43(37)26-36)27-49-51(24-10-13-34-11-2-1-3-12-34)44-29-38-14-4-6-16-40(38)31-46(44)56-49/h1-9,11-12,14-19,25-32,37H,10,13,20-24,33H2. The van der Waals surface area contributed by atoms with Crippen LogP contribution in [0, 0.1) is 5.92 Å². The third-order valence-electron chi connectivity index (χ3n) is 11.8. The number of aromatic nitrogens is 1. The maximum Gasteiger partial charge on any atom is 0.263 e. The van der Waals surface area contributed by atoms with E-state index in [0.717, 1.165) is 71.1 Å².